The van der Waals surface area contributed by atoms with Crippen LogP contribution >= 0.6 is 27.5 Å². The van der Waals surface area contributed by atoms with E-state index in [1.807, 2.05) is 53.8 Å². The number of carbonyl (C=O) groups is 1. The van der Waals surface area contributed by atoms with Crippen molar-refractivity contribution < 1.29 is 13.2 Å². The zero-order valence-electron chi connectivity index (χ0n) is 21.9. The van der Waals surface area contributed by atoms with Gasteiger partial charge in [-0.05, 0) is 24.3 Å². The Balaban J connectivity index is 1.12. The van der Waals surface area contributed by atoms with Gasteiger partial charge in [-0.3, -0.25) is 9.79 Å². The summed E-state index contributed by atoms with van der Waals surface area (Å²) in [5.74, 6) is 0.583. The molecule has 0 spiro atoms. The van der Waals surface area contributed by atoms with Crippen LogP contribution in [-0.4, -0.2) is 71.8 Å². The molecule has 2 N–H and O–H groups in total. The van der Waals surface area contributed by atoms with Crippen LogP contribution < -0.4 is 10.6 Å². The number of amides is 1. The molecule has 0 aromatic carbocycles. The highest BCUT2D eigenvalue weighted by atomic mass is 79.9. The number of rotatable bonds is 9. The summed E-state index contributed by atoms with van der Waals surface area (Å²) in [6, 6.07) is 0. The Hall–Kier alpha value is -2.69. The number of aliphatic imine (C=N–C) groups is 1. The van der Waals surface area contributed by atoms with Crippen LogP contribution in [0.4, 0.5) is 0 Å². The second kappa shape index (κ2) is 12.9. The van der Waals surface area contributed by atoms with Gasteiger partial charge in [0.2, 0.25) is 5.91 Å². The molecule has 11 heteroatoms. The molecule has 3 aliphatic carbocycles. The molecule has 6 unspecified atom stereocenters. The molecule has 212 valence electrons. The Kier molecular flexibility index (Phi) is 9.27. The predicted octanol–water partition coefficient (Wildman–Crippen LogP) is 3.92. The molecule has 0 bridgehead atoms. The highest BCUT2D eigenvalue weighted by Crippen LogP contribution is 2.30. The minimum Gasteiger partial charge on any atom is -0.365 e. The topological polar surface area (TPSA) is 103 Å². The molecule has 2 aliphatic heterocycles. The van der Waals surface area contributed by atoms with Crippen LogP contribution in [0.2, 0.25) is 0 Å². The summed E-state index contributed by atoms with van der Waals surface area (Å²) in [7, 11) is -3.34. The Morgan fingerprint density at radius 1 is 1.18 bits per heavy atom. The van der Waals surface area contributed by atoms with Gasteiger partial charge in [0.05, 0.1) is 27.8 Å². The van der Waals surface area contributed by atoms with Gasteiger partial charge < -0.3 is 10.6 Å². The molecule has 5 aliphatic rings. The van der Waals surface area contributed by atoms with Crippen molar-refractivity contribution in [2.24, 2.45) is 21.9 Å². The van der Waals surface area contributed by atoms with E-state index >= 15 is 0 Å². The van der Waals surface area contributed by atoms with Crippen molar-refractivity contribution >= 4 is 55.3 Å². The molecule has 0 saturated carbocycles. The number of nitrogens with one attached hydrogen (secondary N) is 2. The number of hydrazone groups is 1. The molecule has 2 heterocycles. The molecular formula is C29H33BrClN5O3S. The maximum atomic E-state index is 12.5. The SMILES string of the molecule is O=C(CCS(=O)(=O)C1C=CC=CC1)NCC1C=CC(CN=C2C=C(C3C=CC=CC3Cl)NC3C(Br)C=NN23)=CC1. The second-order valence-electron chi connectivity index (χ2n) is 10.3. The van der Waals surface area contributed by atoms with Crippen molar-refractivity contribution in [2.45, 2.75) is 40.9 Å². The number of alkyl halides is 2. The van der Waals surface area contributed by atoms with E-state index in [4.69, 9.17) is 16.6 Å². The lowest BCUT2D eigenvalue weighted by Crippen LogP contribution is -2.52. The molecule has 0 aromatic heterocycles. The van der Waals surface area contributed by atoms with Gasteiger partial charge in [0.25, 0.3) is 0 Å². The lowest BCUT2D eigenvalue weighted by Gasteiger charge is -2.36. The van der Waals surface area contributed by atoms with Crippen molar-refractivity contribution in [3.05, 3.63) is 84.2 Å². The maximum absolute atomic E-state index is 12.5. The second-order valence-corrected chi connectivity index (χ2v) is 14.2. The molecule has 40 heavy (non-hydrogen) atoms. The molecule has 0 saturated heterocycles. The summed E-state index contributed by atoms with van der Waals surface area (Å²) in [4.78, 5) is 17.3. The fraction of sp³-hybridized carbons (Fsp3) is 0.414. The zero-order chi connectivity index (χ0) is 28.1. The molecular weight excluding hydrogens is 614 g/mol. The molecule has 0 fully saturated rings. The van der Waals surface area contributed by atoms with Crippen LogP contribution in [0, 0.1) is 11.8 Å². The summed E-state index contributed by atoms with van der Waals surface area (Å²) in [6.07, 6.45) is 26.5. The van der Waals surface area contributed by atoms with E-state index in [0.717, 1.165) is 23.5 Å². The quantitative estimate of drug-likeness (QED) is 0.370. The number of sulfone groups is 1. The van der Waals surface area contributed by atoms with E-state index in [-0.39, 0.29) is 46.3 Å². The fourth-order valence-electron chi connectivity index (χ4n) is 5.04. The predicted molar refractivity (Wildman–Crippen MR) is 165 cm³/mol. The van der Waals surface area contributed by atoms with E-state index < -0.39 is 15.1 Å². The Bertz CT molecular complexity index is 1380. The highest BCUT2D eigenvalue weighted by molar-refractivity contribution is 9.10. The number of amidine groups is 1. The molecule has 6 atom stereocenters. The van der Waals surface area contributed by atoms with Crippen molar-refractivity contribution in [1.29, 1.82) is 0 Å². The standard InChI is InChI=1S/C29H33BrClN5O3S/c30-24-19-34-36-27(16-26(35-29(24)36)23-8-4-5-9-25(23)31)32-17-20-10-12-21(13-11-20)18-33-28(37)14-15-40(38,39)22-6-2-1-3-7-22/h1-6,8-12,16,19,21-25,29,35H,7,13-15,17-18H2,(H,33,37). The first kappa shape index (κ1) is 28.8. The van der Waals surface area contributed by atoms with Crippen LogP contribution in [-0.2, 0) is 14.6 Å². The van der Waals surface area contributed by atoms with Gasteiger partial charge in [0, 0.05) is 36.9 Å². The fourth-order valence-corrected chi connectivity index (χ4v) is 7.32. The smallest absolute Gasteiger partial charge is 0.221 e. The average Bonchev–Trinajstić information content (AvgIpc) is 3.35. The number of nitrogens with zero attached hydrogens (tertiary/aromatic N) is 3. The first-order valence-corrected chi connectivity index (χ1v) is 16.5. The zero-order valence-corrected chi connectivity index (χ0v) is 25.1. The van der Waals surface area contributed by atoms with E-state index in [1.54, 1.807) is 12.2 Å². The van der Waals surface area contributed by atoms with Gasteiger partial charge in [-0.25, -0.2) is 13.4 Å². The Labute approximate surface area is 249 Å². The number of hydrogen-bond acceptors (Lipinski definition) is 6. The number of fused-ring (bicyclic) bond motifs is 1. The third-order valence-corrected chi connectivity index (χ3v) is 10.6. The van der Waals surface area contributed by atoms with Gasteiger partial charge in [-0.1, -0.05) is 82.8 Å². The first-order valence-electron chi connectivity index (χ1n) is 13.5. The van der Waals surface area contributed by atoms with Gasteiger partial charge in [-0.2, -0.15) is 5.10 Å². The lowest BCUT2D eigenvalue weighted by molar-refractivity contribution is -0.120. The normalized spacial score (nSPS) is 31.6. The highest BCUT2D eigenvalue weighted by Gasteiger charge is 2.37. The summed E-state index contributed by atoms with van der Waals surface area (Å²) < 4.78 is 24.9. The van der Waals surface area contributed by atoms with E-state index in [9.17, 15) is 13.2 Å². The van der Waals surface area contributed by atoms with E-state index in [0.29, 0.717) is 19.5 Å². The number of allylic oxidation sites excluding steroid dienone is 8. The lowest BCUT2D eigenvalue weighted by atomic mass is 9.94. The molecule has 5 rings (SSSR count). The molecule has 0 aromatic rings. The van der Waals surface area contributed by atoms with Crippen LogP contribution in [0.15, 0.2) is 94.3 Å². The summed E-state index contributed by atoms with van der Waals surface area (Å²) >= 11 is 10.3. The van der Waals surface area contributed by atoms with Crippen molar-refractivity contribution in [2.75, 3.05) is 18.8 Å². The van der Waals surface area contributed by atoms with Crippen molar-refractivity contribution in [3.8, 4) is 0 Å². The first-order chi connectivity index (χ1) is 19.3. The third-order valence-electron chi connectivity index (χ3n) is 7.43. The number of halogens is 2. The van der Waals surface area contributed by atoms with Crippen LogP contribution in [0.1, 0.15) is 19.3 Å². The van der Waals surface area contributed by atoms with Crippen molar-refractivity contribution in [1.82, 2.24) is 15.6 Å². The summed E-state index contributed by atoms with van der Waals surface area (Å²) in [5, 5.41) is 12.2. The van der Waals surface area contributed by atoms with E-state index in [1.165, 1.54) is 0 Å². The van der Waals surface area contributed by atoms with Crippen molar-refractivity contribution in [3.63, 3.8) is 0 Å². The molecule has 8 nitrogen and oxygen atoms in total. The molecule has 0 radical (unpaired) electrons. The molecule has 1 amide bonds. The Morgan fingerprint density at radius 3 is 2.75 bits per heavy atom. The maximum Gasteiger partial charge on any atom is 0.221 e. The summed E-state index contributed by atoms with van der Waals surface area (Å²) in [5.41, 5.74) is 2.11. The largest absolute Gasteiger partial charge is 0.365 e. The van der Waals surface area contributed by atoms with Crippen LogP contribution in [0.5, 0.6) is 0 Å². The van der Waals surface area contributed by atoms with Gasteiger partial charge in [0.15, 0.2) is 9.84 Å². The van der Waals surface area contributed by atoms with Crippen LogP contribution in [0.3, 0.4) is 0 Å². The number of carbonyl (C=O) groups excluding carboxylic acids is 1. The van der Waals surface area contributed by atoms with Gasteiger partial charge >= 0.3 is 0 Å². The minimum atomic E-state index is -3.34. The van der Waals surface area contributed by atoms with Gasteiger partial charge in [-0.15, -0.1) is 11.6 Å². The average molecular weight is 647 g/mol. The Morgan fingerprint density at radius 2 is 2.00 bits per heavy atom. The number of hydrogen-bond donors (Lipinski definition) is 2. The van der Waals surface area contributed by atoms with Crippen LogP contribution in [0.25, 0.3) is 0 Å². The summed E-state index contributed by atoms with van der Waals surface area (Å²) in [6.45, 7) is 0.977. The minimum absolute atomic E-state index is 0.0254. The van der Waals surface area contributed by atoms with E-state index in [2.05, 4.69) is 49.9 Å². The monoisotopic (exact) mass is 645 g/mol. The third kappa shape index (κ3) is 6.95. The van der Waals surface area contributed by atoms with Gasteiger partial charge in [0.1, 0.15) is 12.0 Å².